The maximum atomic E-state index is 13.0. The summed E-state index contributed by atoms with van der Waals surface area (Å²) in [5.74, 6) is -4.59. The molecule has 0 saturated carbocycles. The third-order valence-corrected chi connectivity index (χ3v) is 6.04. The molecule has 0 aliphatic heterocycles. The maximum Gasteiger partial charge on any atom is 0.326 e. The molecule has 13 heteroatoms. The number of carbonyl (C=O) groups excluding carboxylic acids is 3. The summed E-state index contributed by atoms with van der Waals surface area (Å²) >= 11 is 0. The van der Waals surface area contributed by atoms with E-state index in [-0.39, 0.29) is 19.3 Å². The number of unbranched alkanes of at least 4 members (excludes halogenated alkanes) is 1. The van der Waals surface area contributed by atoms with Gasteiger partial charge in [-0.05, 0) is 57.2 Å². The van der Waals surface area contributed by atoms with Crippen LogP contribution in [0.4, 0.5) is 0 Å². The lowest BCUT2D eigenvalue weighted by Gasteiger charge is -2.23. The van der Waals surface area contributed by atoms with Crippen LogP contribution in [0.3, 0.4) is 0 Å². The number of carboxylic acid groups (broad SMARTS) is 2. The first-order chi connectivity index (χ1) is 18.0. The normalized spacial score (nSPS) is 14.2. The summed E-state index contributed by atoms with van der Waals surface area (Å²) in [6.45, 7) is 1.75. The van der Waals surface area contributed by atoms with Gasteiger partial charge in [-0.3, -0.25) is 19.2 Å². The Balaban J connectivity index is 2.01. The van der Waals surface area contributed by atoms with E-state index >= 15 is 0 Å². The van der Waals surface area contributed by atoms with Gasteiger partial charge in [0.2, 0.25) is 17.7 Å². The van der Waals surface area contributed by atoms with Crippen molar-refractivity contribution >= 4 is 40.6 Å². The van der Waals surface area contributed by atoms with Crippen LogP contribution in [0.5, 0.6) is 0 Å². The second-order valence-corrected chi connectivity index (χ2v) is 9.08. The third-order valence-electron chi connectivity index (χ3n) is 6.04. The Morgan fingerprint density at radius 2 is 1.61 bits per heavy atom. The molecule has 1 aromatic carbocycles. The van der Waals surface area contributed by atoms with Crippen LogP contribution in [0.15, 0.2) is 30.5 Å². The molecule has 1 heterocycles. The second kappa shape index (κ2) is 14.7. The highest BCUT2D eigenvalue weighted by Gasteiger charge is 2.28. The summed E-state index contributed by atoms with van der Waals surface area (Å²) in [5.41, 5.74) is 13.5. The van der Waals surface area contributed by atoms with Crippen molar-refractivity contribution in [1.82, 2.24) is 20.9 Å². The van der Waals surface area contributed by atoms with Gasteiger partial charge in [0.05, 0.1) is 6.04 Å². The standard InChI is InChI=1S/C25H36N6O7/c1-14(22(34)31-20(25(37)38)9-10-21(32)33)29-24(36)19(8-4-5-11-26)30-23(35)17(27)12-15-13-28-18-7-3-2-6-16(15)18/h2-3,6-7,13-14,17,19-20,28H,4-5,8-12,26-27H2,1H3,(H,29,36)(H,30,35)(H,31,34)(H,32,33)(H,37,38). The monoisotopic (exact) mass is 532 g/mol. The largest absolute Gasteiger partial charge is 0.481 e. The summed E-state index contributed by atoms with van der Waals surface area (Å²) in [6.07, 6.45) is 2.64. The van der Waals surface area contributed by atoms with Crippen molar-refractivity contribution in [3.8, 4) is 0 Å². The Bertz CT molecular complexity index is 1130. The lowest BCUT2D eigenvalue weighted by Crippen LogP contribution is -2.56. The molecule has 0 bridgehead atoms. The molecular weight excluding hydrogens is 496 g/mol. The summed E-state index contributed by atoms with van der Waals surface area (Å²) in [5, 5.41) is 26.3. The zero-order valence-electron chi connectivity index (χ0n) is 21.2. The van der Waals surface area contributed by atoms with Gasteiger partial charge in [0, 0.05) is 23.5 Å². The van der Waals surface area contributed by atoms with Crippen molar-refractivity contribution in [3.05, 3.63) is 36.0 Å². The van der Waals surface area contributed by atoms with Gasteiger partial charge in [0.25, 0.3) is 0 Å². The minimum absolute atomic E-state index is 0.235. The van der Waals surface area contributed by atoms with Crippen molar-refractivity contribution in [3.63, 3.8) is 0 Å². The molecule has 208 valence electrons. The topological polar surface area (TPSA) is 230 Å². The molecule has 4 unspecified atom stereocenters. The number of hydrogen-bond acceptors (Lipinski definition) is 7. The molecule has 1 aromatic heterocycles. The van der Waals surface area contributed by atoms with E-state index < -0.39 is 60.2 Å². The molecule has 0 aliphatic carbocycles. The fourth-order valence-corrected chi connectivity index (χ4v) is 3.87. The number of carbonyl (C=O) groups is 5. The van der Waals surface area contributed by atoms with Crippen LogP contribution in [0.2, 0.25) is 0 Å². The molecule has 38 heavy (non-hydrogen) atoms. The fraction of sp³-hybridized carbons (Fsp3) is 0.480. The number of aromatic amines is 1. The highest BCUT2D eigenvalue weighted by atomic mass is 16.4. The molecule has 0 fully saturated rings. The number of nitrogens with two attached hydrogens (primary N) is 2. The molecule has 4 atom stereocenters. The van der Waals surface area contributed by atoms with E-state index in [0.717, 1.165) is 16.5 Å². The van der Waals surface area contributed by atoms with Crippen LogP contribution in [-0.2, 0) is 30.4 Å². The van der Waals surface area contributed by atoms with Gasteiger partial charge in [0.1, 0.15) is 18.1 Å². The number of benzene rings is 1. The third kappa shape index (κ3) is 9.16. The van der Waals surface area contributed by atoms with E-state index in [0.29, 0.717) is 19.4 Å². The molecule has 10 N–H and O–H groups in total. The number of fused-ring (bicyclic) bond motifs is 1. The molecule has 0 aliphatic rings. The van der Waals surface area contributed by atoms with Gasteiger partial charge in [-0.1, -0.05) is 18.2 Å². The van der Waals surface area contributed by atoms with Crippen LogP contribution in [-0.4, -0.2) is 75.6 Å². The predicted octanol–water partition coefficient (Wildman–Crippen LogP) is -0.410. The SMILES string of the molecule is CC(NC(=O)C(CCCCN)NC(=O)C(N)Cc1c[nH]c2ccccc12)C(=O)NC(CCC(=O)O)C(=O)O. The lowest BCUT2D eigenvalue weighted by atomic mass is 10.0. The maximum absolute atomic E-state index is 13.0. The van der Waals surface area contributed by atoms with Crippen LogP contribution in [0, 0.1) is 0 Å². The van der Waals surface area contributed by atoms with Gasteiger partial charge in [0.15, 0.2) is 0 Å². The molecule has 0 radical (unpaired) electrons. The number of H-pyrrole nitrogens is 1. The minimum atomic E-state index is -1.43. The van der Waals surface area contributed by atoms with Gasteiger partial charge >= 0.3 is 11.9 Å². The molecule has 0 spiro atoms. The van der Waals surface area contributed by atoms with Crippen LogP contribution in [0.25, 0.3) is 10.9 Å². The van der Waals surface area contributed by atoms with E-state index in [1.165, 1.54) is 6.92 Å². The Morgan fingerprint density at radius 3 is 2.26 bits per heavy atom. The average molecular weight is 533 g/mol. The quantitative estimate of drug-likeness (QED) is 0.131. The number of nitrogens with one attached hydrogen (secondary N) is 4. The molecule has 2 aromatic rings. The fourth-order valence-electron chi connectivity index (χ4n) is 3.87. The van der Waals surface area contributed by atoms with E-state index in [9.17, 15) is 29.1 Å². The number of aliphatic carboxylic acids is 2. The highest BCUT2D eigenvalue weighted by Crippen LogP contribution is 2.18. The summed E-state index contributed by atoms with van der Waals surface area (Å²) in [6, 6.07) is 3.07. The molecule has 3 amide bonds. The van der Waals surface area contributed by atoms with E-state index in [2.05, 4.69) is 20.9 Å². The Labute approximate surface area is 219 Å². The number of carboxylic acids is 2. The first-order valence-electron chi connectivity index (χ1n) is 12.4. The van der Waals surface area contributed by atoms with Gasteiger partial charge in [-0.25, -0.2) is 4.79 Å². The van der Waals surface area contributed by atoms with E-state index in [1.807, 2.05) is 24.3 Å². The first kappa shape index (κ1) is 30.3. The van der Waals surface area contributed by atoms with Crippen molar-refractivity contribution in [2.75, 3.05) is 6.54 Å². The molecule has 2 rings (SSSR count). The summed E-state index contributed by atoms with van der Waals surface area (Å²) < 4.78 is 0. The predicted molar refractivity (Wildman–Crippen MR) is 139 cm³/mol. The zero-order chi connectivity index (χ0) is 28.2. The van der Waals surface area contributed by atoms with Crippen molar-refractivity contribution in [1.29, 1.82) is 0 Å². The highest BCUT2D eigenvalue weighted by molar-refractivity contribution is 5.94. The summed E-state index contributed by atoms with van der Waals surface area (Å²) in [4.78, 5) is 63.5. The minimum Gasteiger partial charge on any atom is -0.481 e. The molecular formula is C25H36N6O7. The van der Waals surface area contributed by atoms with Crippen molar-refractivity contribution in [2.24, 2.45) is 11.5 Å². The van der Waals surface area contributed by atoms with Crippen LogP contribution in [0.1, 0.15) is 44.6 Å². The van der Waals surface area contributed by atoms with Crippen LogP contribution >= 0.6 is 0 Å². The van der Waals surface area contributed by atoms with Gasteiger partial charge in [-0.15, -0.1) is 0 Å². The zero-order valence-corrected chi connectivity index (χ0v) is 21.2. The molecule has 13 nitrogen and oxygen atoms in total. The average Bonchev–Trinajstić information content (AvgIpc) is 3.27. The van der Waals surface area contributed by atoms with Crippen LogP contribution < -0.4 is 27.4 Å². The molecule has 0 saturated heterocycles. The summed E-state index contributed by atoms with van der Waals surface area (Å²) in [7, 11) is 0. The number of para-hydroxylation sites is 1. The number of rotatable bonds is 16. The van der Waals surface area contributed by atoms with Crippen molar-refractivity contribution < 1.29 is 34.2 Å². The lowest BCUT2D eigenvalue weighted by molar-refractivity contribution is -0.143. The van der Waals surface area contributed by atoms with E-state index in [1.54, 1.807) is 6.20 Å². The van der Waals surface area contributed by atoms with Gasteiger partial charge in [-0.2, -0.15) is 0 Å². The number of amides is 3. The Hall–Kier alpha value is -3.97. The van der Waals surface area contributed by atoms with E-state index in [4.69, 9.17) is 16.6 Å². The second-order valence-electron chi connectivity index (χ2n) is 9.08. The van der Waals surface area contributed by atoms with Crippen molar-refractivity contribution in [2.45, 2.75) is 69.6 Å². The number of hydrogen-bond donors (Lipinski definition) is 8. The smallest absolute Gasteiger partial charge is 0.326 e. The first-order valence-corrected chi connectivity index (χ1v) is 12.4. The Morgan fingerprint density at radius 1 is 0.921 bits per heavy atom. The van der Waals surface area contributed by atoms with Gasteiger partial charge < -0.3 is 42.6 Å². The number of aromatic nitrogens is 1. The Kier molecular flexibility index (Phi) is 11.7.